The van der Waals surface area contributed by atoms with Crippen LogP contribution in [0.3, 0.4) is 0 Å². The highest BCUT2D eigenvalue weighted by Crippen LogP contribution is 2.47. The summed E-state index contributed by atoms with van der Waals surface area (Å²) in [4.78, 5) is 22.9. The van der Waals surface area contributed by atoms with Gasteiger partial charge in [-0.2, -0.15) is 0 Å². The maximum atomic E-state index is 13.1. The van der Waals surface area contributed by atoms with Crippen molar-refractivity contribution in [1.82, 2.24) is 9.97 Å². The number of ketones is 1. The Morgan fingerprint density at radius 3 is 2.42 bits per heavy atom. The molecule has 0 radical (unpaired) electrons. The number of aryl methyl sites for hydroxylation is 1. The van der Waals surface area contributed by atoms with E-state index in [0.29, 0.717) is 0 Å². The van der Waals surface area contributed by atoms with Gasteiger partial charge in [-0.3, -0.25) is 4.79 Å². The summed E-state index contributed by atoms with van der Waals surface area (Å²) in [6, 6.07) is 14.6. The van der Waals surface area contributed by atoms with E-state index in [4.69, 9.17) is 9.72 Å². The van der Waals surface area contributed by atoms with Crippen LogP contribution in [0, 0.1) is 13.8 Å². The molecule has 7 heteroatoms. The second-order valence-electron chi connectivity index (χ2n) is 10.5. The van der Waals surface area contributed by atoms with E-state index in [9.17, 15) is 4.79 Å². The largest absolute Gasteiger partial charge is 0.496 e. The Morgan fingerprint density at radius 1 is 1.03 bits per heavy atom. The van der Waals surface area contributed by atoms with Crippen LogP contribution in [0.15, 0.2) is 53.6 Å². The first-order valence-electron chi connectivity index (χ1n) is 12.1. The van der Waals surface area contributed by atoms with Gasteiger partial charge in [-0.15, -0.1) is 0 Å². The number of ether oxygens (including phenoxy) is 1. The van der Waals surface area contributed by atoms with Crippen molar-refractivity contribution < 1.29 is 14.1 Å². The Kier molecular flexibility index (Phi) is 6.20. The predicted molar refractivity (Wildman–Crippen MR) is 148 cm³/mol. The minimum absolute atomic E-state index is 0.253. The van der Waals surface area contributed by atoms with Crippen molar-refractivity contribution in [2.24, 2.45) is 0 Å². The summed E-state index contributed by atoms with van der Waals surface area (Å²) in [5.74, 6) is 2.66. The Labute approximate surface area is 220 Å². The maximum absolute atomic E-state index is 13.1. The molecule has 186 valence electrons. The summed E-state index contributed by atoms with van der Waals surface area (Å²) in [5, 5.41) is 0. The number of fused-ring (bicyclic) bond motifs is 2. The van der Waals surface area contributed by atoms with E-state index in [1.54, 1.807) is 28.7 Å². The maximum Gasteiger partial charge on any atom is 0.402 e. The van der Waals surface area contributed by atoms with Crippen LogP contribution in [0.4, 0.5) is 0 Å². The molecule has 2 heterocycles. The minimum Gasteiger partial charge on any atom is -0.496 e. The van der Waals surface area contributed by atoms with Crippen LogP contribution in [-0.4, -0.2) is 22.9 Å². The summed E-state index contributed by atoms with van der Waals surface area (Å²) < 4.78 is 7.76. The van der Waals surface area contributed by atoms with E-state index in [2.05, 4.69) is 59.8 Å². The first-order valence-corrected chi connectivity index (χ1v) is 14.4. The first kappa shape index (κ1) is 24.9. The number of benzene rings is 2. The SMILES string of the molecule is COc1cc[n+](-c2nc3cc4c(cc3[nH]2)C(C)(C)C(=O)C4(C)C)c(CSSc2ccccc2C)c1C. The van der Waals surface area contributed by atoms with Crippen LogP contribution in [0.5, 0.6) is 5.75 Å². The van der Waals surface area contributed by atoms with E-state index in [1.807, 2.05) is 40.0 Å². The molecule has 0 unspecified atom stereocenters. The molecule has 2 aromatic carbocycles. The van der Waals surface area contributed by atoms with Crippen LogP contribution in [-0.2, 0) is 21.4 Å². The summed E-state index contributed by atoms with van der Waals surface area (Å²) in [6.07, 6.45) is 2.02. The van der Waals surface area contributed by atoms with Gasteiger partial charge in [-0.05, 0) is 76.4 Å². The zero-order chi connectivity index (χ0) is 25.8. The number of nitrogens with zero attached hydrogens (tertiary/aromatic N) is 2. The Hall–Kier alpha value is -2.77. The van der Waals surface area contributed by atoms with Gasteiger partial charge in [0.2, 0.25) is 0 Å². The topological polar surface area (TPSA) is 58.9 Å². The van der Waals surface area contributed by atoms with Crippen molar-refractivity contribution in [3.63, 3.8) is 0 Å². The monoisotopic (exact) mass is 518 g/mol. The number of methoxy groups -OCH3 is 1. The molecular formula is C29H32N3O2S2+. The van der Waals surface area contributed by atoms with Crippen molar-refractivity contribution in [3.05, 3.63) is 76.6 Å². The third kappa shape index (κ3) is 3.93. The highest BCUT2D eigenvalue weighted by molar-refractivity contribution is 8.76. The van der Waals surface area contributed by atoms with Gasteiger partial charge in [0.25, 0.3) is 0 Å². The molecule has 1 N–H and O–H groups in total. The fourth-order valence-corrected chi connectivity index (χ4v) is 7.73. The molecule has 1 aliphatic carbocycles. The van der Waals surface area contributed by atoms with E-state index in [0.717, 1.165) is 50.9 Å². The van der Waals surface area contributed by atoms with Crippen molar-refractivity contribution in [3.8, 4) is 11.7 Å². The lowest BCUT2D eigenvalue weighted by Gasteiger charge is -2.21. The number of carbonyl (C=O) groups is 1. The standard InChI is InChI=1S/C29H32N3O2S2/c1-17-10-8-9-11-25(17)36-35-16-23-18(2)24(34-7)12-13-32(23)27-30-21-14-19-20(15-22(21)31-27)29(5,6)26(33)28(19,3)4/h8-15H,16H2,1-7H3,(H,30,31)/q+1. The van der Waals surface area contributed by atoms with Crippen molar-refractivity contribution >= 4 is 38.4 Å². The molecule has 0 fully saturated rings. The van der Waals surface area contributed by atoms with Gasteiger partial charge in [-0.1, -0.05) is 44.8 Å². The molecule has 36 heavy (non-hydrogen) atoms. The molecule has 4 aromatic rings. The van der Waals surface area contributed by atoms with E-state index < -0.39 is 10.8 Å². The minimum atomic E-state index is -0.523. The second kappa shape index (κ2) is 8.96. The highest BCUT2D eigenvalue weighted by atomic mass is 33.1. The fourth-order valence-electron chi connectivity index (χ4n) is 5.29. The van der Waals surface area contributed by atoms with E-state index in [1.165, 1.54) is 10.5 Å². The quantitative estimate of drug-likeness (QED) is 0.232. The molecular weight excluding hydrogens is 486 g/mol. The number of pyridine rings is 1. The third-order valence-electron chi connectivity index (χ3n) is 7.44. The lowest BCUT2D eigenvalue weighted by molar-refractivity contribution is -0.610. The number of H-pyrrole nitrogens is 1. The Balaban J connectivity index is 1.55. The van der Waals surface area contributed by atoms with Gasteiger partial charge in [-0.25, -0.2) is 9.55 Å². The number of hydrogen-bond acceptors (Lipinski definition) is 5. The number of rotatable bonds is 6. The lowest BCUT2D eigenvalue weighted by Crippen LogP contribution is -2.37. The smallest absolute Gasteiger partial charge is 0.402 e. The summed E-state index contributed by atoms with van der Waals surface area (Å²) in [6.45, 7) is 12.3. The van der Waals surface area contributed by atoms with E-state index in [-0.39, 0.29) is 5.78 Å². The van der Waals surface area contributed by atoms with Crippen molar-refractivity contribution in [2.45, 2.75) is 63.0 Å². The van der Waals surface area contributed by atoms with Gasteiger partial charge in [0.1, 0.15) is 17.0 Å². The van der Waals surface area contributed by atoms with Crippen LogP contribution in [0.25, 0.3) is 17.0 Å². The predicted octanol–water partition coefficient (Wildman–Crippen LogP) is 6.54. The zero-order valence-corrected chi connectivity index (χ0v) is 23.5. The number of carbonyl (C=O) groups excluding carboxylic acids is 1. The highest BCUT2D eigenvalue weighted by Gasteiger charge is 2.50. The van der Waals surface area contributed by atoms with Gasteiger partial charge >= 0.3 is 5.95 Å². The fraction of sp³-hybridized carbons (Fsp3) is 0.345. The summed E-state index contributed by atoms with van der Waals surface area (Å²) in [7, 11) is 5.30. The molecule has 0 aliphatic heterocycles. The molecule has 2 aromatic heterocycles. The van der Waals surface area contributed by atoms with Crippen molar-refractivity contribution in [2.75, 3.05) is 7.11 Å². The van der Waals surface area contributed by atoms with Gasteiger partial charge in [0.05, 0.1) is 19.1 Å². The number of aromatic amines is 1. The number of imidazole rings is 1. The van der Waals surface area contributed by atoms with Crippen LogP contribution in [0.1, 0.15) is 55.6 Å². The van der Waals surface area contributed by atoms with Crippen molar-refractivity contribution in [1.29, 1.82) is 0 Å². The molecule has 0 spiro atoms. The number of hydrogen-bond donors (Lipinski definition) is 1. The summed E-state index contributed by atoms with van der Waals surface area (Å²) in [5.41, 5.74) is 6.43. The van der Waals surface area contributed by atoms with Gasteiger partial charge in [0, 0.05) is 27.4 Å². The van der Waals surface area contributed by atoms with Gasteiger partial charge < -0.3 is 4.74 Å². The summed E-state index contributed by atoms with van der Waals surface area (Å²) >= 11 is 0. The molecule has 5 nitrogen and oxygen atoms in total. The normalized spacial score (nSPS) is 15.9. The number of aromatic nitrogens is 3. The number of Topliss-reactive ketones (excluding diaryl/α,β-unsaturated/α-hetero) is 1. The molecule has 0 amide bonds. The number of nitrogens with one attached hydrogen (secondary N) is 1. The molecule has 5 rings (SSSR count). The van der Waals surface area contributed by atoms with E-state index >= 15 is 0 Å². The van der Waals surface area contributed by atoms with Crippen LogP contribution >= 0.6 is 21.6 Å². The Morgan fingerprint density at radius 2 is 1.72 bits per heavy atom. The molecule has 1 aliphatic rings. The second-order valence-corrected chi connectivity index (χ2v) is 12.8. The molecule has 0 bridgehead atoms. The third-order valence-corrected chi connectivity index (χ3v) is 9.84. The lowest BCUT2D eigenvalue weighted by atomic mass is 9.80. The Bertz CT molecular complexity index is 1450. The average Bonchev–Trinajstić information content (AvgIpc) is 3.32. The molecule has 0 atom stereocenters. The zero-order valence-electron chi connectivity index (χ0n) is 21.9. The molecule has 0 saturated carbocycles. The average molecular weight is 519 g/mol. The van der Waals surface area contributed by atoms with Crippen LogP contribution < -0.4 is 9.30 Å². The van der Waals surface area contributed by atoms with Crippen LogP contribution in [0.2, 0.25) is 0 Å². The first-order chi connectivity index (χ1) is 17.1. The molecule has 0 saturated heterocycles. The van der Waals surface area contributed by atoms with Gasteiger partial charge in [0.15, 0.2) is 11.3 Å².